The minimum absolute atomic E-state index is 0.310. The van der Waals surface area contributed by atoms with E-state index in [0.717, 1.165) is 45.7 Å². The Morgan fingerprint density at radius 2 is 2.04 bits per heavy atom. The van der Waals surface area contributed by atoms with Gasteiger partial charge < -0.3 is 9.47 Å². The molecule has 7 atom stereocenters. The zero-order chi connectivity index (χ0) is 15.6. The van der Waals surface area contributed by atoms with Gasteiger partial charge in [0.25, 0.3) is 0 Å². The van der Waals surface area contributed by atoms with Crippen molar-refractivity contribution in [1.82, 2.24) is 21.3 Å². The molecule has 4 aliphatic rings. The minimum Gasteiger partial charge on any atom is -0.381 e. The summed E-state index contributed by atoms with van der Waals surface area (Å²) in [5.74, 6) is 1.38. The van der Waals surface area contributed by atoms with Crippen LogP contribution in [0.5, 0.6) is 0 Å². The molecular formula is C17H32N4O2. The van der Waals surface area contributed by atoms with Crippen molar-refractivity contribution in [2.24, 2.45) is 11.8 Å². The van der Waals surface area contributed by atoms with Crippen LogP contribution in [0.25, 0.3) is 0 Å². The first kappa shape index (κ1) is 16.2. The average molecular weight is 324 g/mol. The summed E-state index contributed by atoms with van der Waals surface area (Å²) in [6.45, 7) is 7.19. The molecule has 132 valence electrons. The SMILES string of the molecule is C[C@H]1CCOCCCN2CC(CN2)C2NNC3CCC(CC32)O1. The topological polar surface area (TPSA) is 57.8 Å². The lowest BCUT2D eigenvalue weighted by molar-refractivity contribution is -0.0484. The fourth-order valence-corrected chi connectivity index (χ4v) is 4.82. The van der Waals surface area contributed by atoms with Crippen molar-refractivity contribution < 1.29 is 9.47 Å². The van der Waals surface area contributed by atoms with Gasteiger partial charge in [0.15, 0.2) is 0 Å². The van der Waals surface area contributed by atoms with E-state index in [0.29, 0.717) is 36.1 Å². The Bertz CT molecular complexity index is 397. The van der Waals surface area contributed by atoms with Crippen molar-refractivity contribution in [3.05, 3.63) is 0 Å². The number of nitrogens with zero attached hydrogens (tertiary/aromatic N) is 1. The molecule has 0 aromatic heterocycles. The molecule has 0 radical (unpaired) electrons. The zero-order valence-corrected chi connectivity index (χ0v) is 14.3. The lowest BCUT2D eigenvalue weighted by Crippen LogP contribution is -2.42. The summed E-state index contributed by atoms with van der Waals surface area (Å²) in [7, 11) is 0. The summed E-state index contributed by atoms with van der Waals surface area (Å²) in [6, 6.07) is 1.20. The maximum Gasteiger partial charge on any atom is 0.0583 e. The van der Waals surface area contributed by atoms with Crippen LogP contribution in [-0.4, -0.2) is 62.1 Å². The van der Waals surface area contributed by atoms with Crippen molar-refractivity contribution in [3.63, 3.8) is 0 Å². The van der Waals surface area contributed by atoms with Crippen molar-refractivity contribution in [2.75, 3.05) is 32.8 Å². The molecule has 1 saturated carbocycles. The fourth-order valence-electron chi connectivity index (χ4n) is 4.82. The van der Waals surface area contributed by atoms with E-state index in [-0.39, 0.29) is 0 Å². The van der Waals surface area contributed by atoms with Crippen LogP contribution in [0.4, 0.5) is 0 Å². The molecule has 6 nitrogen and oxygen atoms in total. The highest BCUT2D eigenvalue weighted by Gasteiger charge is 2.45. The van der Waals surface area contributed by atoms with Crippen LogP contribution in [0.2, 0.25) is 0 Å². The Balaban J connectivity index is 1.45. The van der Waals surface area contributed by atoms with Crippen molar-refractivity contribution in [1.29, 1.82) is 0 Å². The first-order valence-electron chi connectivity index (χ1n) is 9.52. The summed E-state index contributed by atoms with van der Waals surface area (Å²) in [5, 5.41) is 2.39. The van der Waals surface area contributed by atoms with E-state index >= 15 is 0 Å². The molecule has 0 amide bonds. The molecule has 23 heavy (non-hydrogen) atoms. The highest BCUT2D eigenvalue weighted by atomic mass is 16.5. The summed E-state index contributed by atoms with van der Waals surface area (Å²) in [6.07, 6.45) is 6.44. The molecule has 6 heteroatoms. The fraction of sp³-hybridized carbons (Fsp3) is 1.00. The Hall–Kier alpha value is -0.240. The van der Waals surface area contributed by atoms with Gasteiger partial charge >= 0.3 is 0 Å². The molecule has 3 heterocycles. The molecule has 0 aromatic carbocycles. The van der Waals surface area contributed by atoms with Crippen LogP contribution in [0, 0.1) is 11.8 Å². The average Bonchev–Trinajstić information content (AvgIpc) is 3.16. The summed E-state index contributed by atoms with van der Waals surface area (Å²) >= 11 is 0. The monoisotopic (exact) mass is 324 g/mol. The second-order valence-corrected chi connectivity index (χ2v) is 7.79. The highest BCUT2D eigenvalue weighted by molar-refractivity contribution is 5.00. The first-order valence-corrected chi connectivity index (χ1v) is 9.52. The van der Waals surface area contributed by atoms with E-state index in [1.54, 1.807) is 0 Å². The Labute approximate surface area is 139 Å². The molecule has 0 aromatic rings. The van der Waals surface area contributed by atoms with E-state index < -0.39 is 0 Å². The highest BCUT2D eigenvalue weighted by Crippen LogP contribution is 2.36. The summed E-state index contributed by atoms with van der Waals surface area (Å²) in [4.78, 5) is 0. The van der Waals surface area contributed by atoms with Gasteiger partial charge in [0.1, 0.15) is 0 Å². The quantitative estimate of drug-likeness (QED) is 0.608. The molecular weight excluding hydrogens is 292 g/mol. The Kier molecular flexibility index (Phi) is 5.18. The van der Waals surface area contributed by atoms with Crippen LogP contribution in [0.15, 0.2) is 0 Å². The third-order valence-corrected chi connectivity index (χ3v) is 6.10. The number of fused-ring (bicyclic) bond motifs is 4. The van der Waals surface area contributed by atoms with Gasteiger partial charge in [-0.2, -0.15) is 0 Å². The number of hydrogen-bond donors (Lipinski definition) is 3. The molecule has 4 bridgehead atoms. The van der Waals surface area contributed by atoms with Gasteiger partial charge in [-0.25, -0.2) is 5.01 Å². The van der Waals surface area contributed by atoms with Gasteiger partial charge in [-0.1, -0.05) is 0 Å². The standard InChI is InChI=1S/C17H32N4O2/c1-12-5-8-22-7-2-6-21-11-13(10-18-21)17-15-9-14(23-12)3-4-16(15)19-20-17/h12-20H,2-11H2,1H3/t12-,13?,14?,15?,16?,17?/m0/s1. The number of ether oxygens (including phenoxy) is 2. The largest absolute Gasteiger partial charge is 0.381 e. The van der Waals surface area contributed by atoms with Gasteiger partial charge in [0, 0.05) is 50.8 Å². The number of nitrogens with one attached hydrogen (secondary N) is 3. The first-order chi connectivity index (χ1) is 11.3. The van der Waals surface area contributed by atoms with E-state index in [1.165, 1.54) is 19.3 Å². The van der Waals surface area contributed by atoms with Gasteiger partial charge in [-0.3, -0.25) is 16.3 Å². The molecule has 1 aliphatic carbocycles. The van der Waals surface area contributed by atoms with E-state index in [2.05, 4.69) is 28.2 Å². The zero-order valence-electron chi connectivity index (χ0n) is 14.3. The van der Waals surface area contributed by atoms with Crippen molar-refractivity contribution in [2.45, 2.75) is 63.3 Å². The van der Waals surface area contributed by atoms with Crippen LogP contribution >= 0.6 is 0 Å². The maximum atomic E-state index is 6.34. The summed E-state index contributed by atoms with van der Waals surface area (Å²) in [5.41, 5.74) is 10.8. The third-order valence-electron chi connectivity index (χ3n) is 6.10. The number of rotatable bonds is 0. The van der Waals surface area contributed by atoms with E-state index in [9.17, 15) is 0 Å². The van der Waals surface area contributed by atoms with Gasteiger partial charge in [0.05, 0.1) is 12.2 Å². The molecule has 6 unspecified atom stereocenters. The number of hydrogen-bond acceptors (Lipinski definition) is 6. The molecule has 3 saturated heterocycles. The van der Waals surface area contributed by atoms with Crippen LogP contribution in [-0.2, 0) is 9.47 Å². The lowest BCUT2D eigenvalue weighted by Gasteiger charge is -2.35. The maximum absolute atomic E-state index is 6.34. The van der Waals surface area contributed by atoms with E-state index in [4.69, 9.17) is 9.47 Å². The molecule has 3 N–H and O–H groups in total. The Morgan fingerprint density at radius 1 is 1.09 bits per heavy atom. The van der Waals surface area contributed by atoms with Gasteiger partial charge in [0.2, 0.25) is 0 Å². The second kappa shape index (κ2) is 7.33. The number of hydrazine groups is 2. The predicted octanol–water partition coefficient (Wildman–Crippen LogP) is 0.652. The predicted molar refractivity (Wildman–Crippen MR) is 88.6 cm³/mol. The summed E-state index contributed by atoms with van der Waals surface area (Å²) < 4.78 is 12.1. The second-order valence-electron chi connectivity index (χ2n) is 7.79. The molecule has 3 aliphatic heterocycles. The lowest BCUT2D eigenvalue weighted by atomic mass is 9.76. The molecule has 0 spiro atoms. The van der Waals surface area contributed by atoms with Crippen molar-refractivity contribution in [3.8, 4) is 0 Å². The van der Waals surface area contributed by atoms with Crippen LogP contribution < -0.4 is 16.3 Å². The minimum atomic E-state index is 0.310. The van der Waals surface area contributed by atoms with Crippen molar-refractivity contribution >= 4 is 0 Å². The van der Waals surface area contributed by atoms with E-state index in [1.807, 2.05) is 0 Å². The normalized spacial score (nSPS) is 48.7. The third kappa shape index (κ3) is 3.72. The van der Waals surface area contributed by atoms with Crippen LogP contribution in [0.3, 0.4) is 0 Å². The van der Waals surface area contributed by atoms with Crippen LogP contribution in [0.1, 0.15) is 39.0 Å². The molecule has 4 fully saturated rings. The smallest absolute Gasteiger partial charge is 0.0583 e. The Morgan fingerprint density at radius 3 is 3.00 bits per heavy atom. The molecule has 4 rings (SSSR count). The van der Waals surface area contributed by atoms with Gasteiger partial charge in [-0.15, -0.1) is 0 Å². The van der Waals surface area contributed by atoms with Gasteiger partial charge in [-0.05, 0) is 44.9 Å².